The first-order valence-corrected chi connectivity index (χ1v) is 9.34. The third-order valence-corrected chi connectivity index (χ3v) is 5.10. The zero-order valence-corrected chi connectivity index (χ0v) is 17.8. The lowest BCUT2D eigenvalue weighted by atomic mass is 10.1. The average Bonchev–Trinajstić information content (AvgIpc) is 3.13. The Kier molecular flexibility index (Phi) is 8.16. The summed E-state index contributed by atoms with van der Waals surface area (Å²) < 4.78 is 16.0. The van der Waals surface area contributed by atoms with E-state index in [9.17, 15) is 9.59 Å². The van der Waals surface area contributed by atoms with E-state index < -0.39 is 0 Å². The maximum Gasteiger partial charge on any atom is 0.227 e. The van der Waals surface area contributed by atoms with Crippen LogP contribution in [0.1, 0.15) is 12.8 Å². The zero-order chi connectivity index (χ0) is 20.1. The number of carbonyl (C=O) groups excluding carboxylic acids is 2. The molecule has 1 atom stereocenters. The van der Waals surface area contributed by atoms with E-state index in [2.05, 4.69) is 16.7 Å². The number of hydrogen-bond donors (Lipinski definition) is 2. The number of halogens is 1. The fourth-order valence-corrected chi connectivity index (χ4v) is 3.53. The standard InChI is InChI=1S/C20H27N3O5.ClH/c1-26-16-9-15(10-17(27-2)19(16)28-3)23-12-14(8-18(23)24)20(25)22-11-13-4-6-21-7-5-13;/h4,9-10,14,21H,5-8,11-12H2,1-3H3,(H,22,25);1H. The van der Waals surface area contributed by atoms with Gasteiger partial charge in [0.2, 0.25) is 17.6 Å². The molecule has 0 radical (unpaired) electrons. The van der Waals surface area contributed by atoms with Gasteiger partial charge < -0.3 is 29.7 Å². The Bertz CT molecular complexity index is 758. The quantitative estimate of drug-likeness (QED) is 0.644. The first-order chi connectivity index (χ1) is 13.6. The molecule has 2 aliphatic heterocycles. The van der Waals surface area contributed by atoms with Crippen molar-refractivity contribution < 1.29 is 23.8 Å². The lowest BCUT2D eigenvalue weighted by molar-refractivity contribution is -0.126. The lowest BCUT2D eigenvalue weighted by Gasteiger charge is -2.20. The van der Waals surface area contributed by atoms with Gasteiger partial charge in [0.1, 0.15) is 0 Å². The fourth-order valence-electron chi connectivity index (χ4n) is 3.53. The van der Waals surface area contributed by atoms with Gasteiger partial charge in [-0.15, -0.1) is 12.4 Å². The van der Waals surface area contributed by atoms with Gasteiger partial charge in [0, 0.05) is 38.2 Å². The van der Waals surface area contributed by atoms with Gasteiger partial charge in [-0.3, -0.25) is 9.59 Å². The molecule has 1 fully saturated rings. The summed E-state index contributed by atoms with van der Waals surface area (Å²) in [5, 5.41) is 6.21. The SMILES string of the molecule is COc1cc(N2CC(C(=O)NCC3=CCNCC3)CC2=O)cc(OC)c1OC.Cl. The van der Waals surface area contributed by atoms with Gasteiger partial charge in [0.15, 0.2) is 11.5 Å². The fraction of sp³-hybridized carbons (Fsp3) is 0.500. The molecule has 2 N–H and O–H groups in total. The molecule has 0 spiro atoms. The molecule has 3 rings (SSSR count). The van der Waals surface area contributed by atoms with E-state index in [0.29, 0.717) is 36.0 Å². The summed E-state index contributed by atoms with van der Waals surface area (Å²) in [6, 6.07) is 3.44. The molecule has 9 heteroatoms. The molecular formula is C20H28ClN3O5. The van der Waals surface area contributed by atoms with Crippen LogP contribution in [-0.2, 0) is 9.59 Å². The van der Waals surface area contributed by atoms with Crippen LogP contribution in [0.3, 0.4) is 0 Å². The highest BCUT2D eigenvalue weighted by atomic mass is 35.5. The molecule has 2 amide bonds. The minimum absolute atomic E-state index is 0. The molecule has 160 valence electrons. The van der Waals surface area contributed by atoms with Gasteiger partial charge in [-0.05, 0) is 13.0 Å². The number of hydrogen-bond acceptors (Lipinski definition) is 6. The van der Waals surface area contributed by atoms with Gasteiger partial charge in [-0.25, -0.2) is 0 Å². The Morgan fingerprint density at radius 2 is 1.90 bits per heavy atom. The van der Waals surface area contributed by atoms with Crippen LogP contribution in [0, 0.1) is 5.92 Å². The minimum atomic E-state index is -0.381. The maximum absolute atomic E-state index is 12.6. The second-order valence-electron chi connectivity index (χ2n) is 6.82. The molecule has 0 saturated carbocycles. The van der Waals surface area contributed by atoms with E-state index in [1.54, 1.807) is 17.0 Å². The second-order valence-corrected chi connectivity index (χ2v) is 6.82. The normalized spacial score (nSPS) is 18.6. The van der Waals surface area contributed by atoms with Gasteiger partial charge in [0.05, 0.1) is 32.9 Å². The monoisotopic (exact) mass is 425 g/mol. The molecule has 2 heterocycles. The van der Waals surface area contributed by atoms with Crippen LogP contribution < -0.4 is 29.7 Å². The molecule has 1 unspecified atom stereocenters. The predicted octanol–water partition coefficient (Wildman–Crippen LogP) is 1.52. The lowest BCUT2D eigenvalue weighted by Crippen LogP contribution is -2.35. The smallest absolute Gasteiger partial charge is 0.227 e. The van der Waals surface area contributed by atoms with E-state index in [0.717, 1.165) is 19.5 Å². The first-order valence-electron chi connectivity index (χ1n) is 9.34. The summed E-state index contributed by atoms with van der Waals surface area (Å²) in [6.07, 6.45) is 3.22. The summed E-state index contributed by atoms with van der Waals surface area (Å²) in [5.74, 6) is 0.822. The van der Waals surface area contributed by atoms with Crippen molar-refractivity contribution in [2.24, 2.45) is 5.92 Å². The van der Waals surface area contributed by atoms with Crippen molar-refractivity contribution in [1.82, 2.24) is 10.6 Å². The number of nitrogens with one attached hydrogen (secondary N) is 2. The van der Waals surface area contributed by atoms with Crippen LogP contribution in [0.2, 0.25) is 0 Å². The van der Waals surface area contributed by atoms with Crippen molar-refractivity contribution >= 4 is 29.9 Å². The molecule has 8 nitrogen and oxygen atoms in total. The molecule has 1 aromatic rings. The van der Waals surface area contributed by atoms with Crippen LogP contribution in [0.5, 0.6) is 17.2 Å². The van der Waals surface area contributed by atoms with E-state index in [1.807, 2.05) is 0 Å². The highest BCUT2D eigenvalue weighted by Crippen LogP contribution is 2.42. The van der Waals surface area contributed by atoms with E-state index >= 15 is 0 Å². The topological polar surface area (TPSA) is 89.1 Å². The Hall–Kier alpha value is -2.45. The van der Waals surface area contributed by atoms with Crippen LogP contribution in [0.4, 0.5) is 5.69 Å². The number of rotatable bonds is 7. The Morgan fingerprint density at radius 1 is 1.21 bits per heavy atom. The number of nitrogens with zero attached hydrogens (tertiary/aromatic N) is 1. The minimum Gasteiger partial charge on any atom is -0.493 e. The average molecular weight is 426 g/mol. The predicted molar refractivity (Wildman–Crippen MR) is 112 cm³/mol. The molecule has 1 aromatic carbocycles. The number of anilines is 1. The molecule has 0 aliphatic carbocycles. The van der Waals surface area contributed by atoms with E-state index in [1.165, 1.54) is 26.9 Å². The van der Waals surface area contributed by atoms with E-state index in [4.69, 9.17) is 14.2 Å². The van der Waals surface area contributed by atoms with Crippen molar-refractivity contribution in [2.45, 2.75) is 12.8 Å². The van der Waals surface area contributed by atoms with Crippen molar-refractivity contribution in [3.8, 4) is 17.2 Å². The zero-order valence-electron chi connectivity index (χ0n) is 16.9. The molecule has 0 aromatic heterocycles. The highest BCUT2D eigenvalue weighted by molar-refractivity contribution is 6.00. The third-order valence-electron chi connectivity index (χ3n) is 5.10. The third kappa shape index (κ3) is 5.13. The van der Waals surface area contributed by atoms with Gasteiger partial charge >= 0.3 is 0 Å². The second kappa shape index (κ2) is 10.4. The van der Waals surface area contributed by atoms with Crippen LogP contribution in [-0.4, -0.2) is 59.3 Å². The van der Waals surface area contributed by atoms with Crippen molar-refractivity contribution in [3.63, 3.8) is 0 Å². The van der Waals surface area contributed by atoms with Crippen molar-refractivity contribution in [3.05, 3.63) is 23.8 Å². The van der Waals surface area contributed by atoms with E-state index in [-0.39, 0.29) is 36.6 Å². The van der Waals surface area contributed by atoms with Crippen LogP contribution in [0.25, 0.3) is 0 Å². The first kappa shape index (κ1) is 22.8. The molecular weight excluding hydrogens is 398 g/mol. The largest absolute Gasteiger partial charge is 0.493 e. The number of amides is 2. The molecule has 29 heavy (non-hydrogen) atoms. The van der Waals surface area contributed by atoms with Gasteiger partial charge in [-0.2, -0.15) is 0 Å². The van der Waals surface area contributed by atoms with Gasteiger partial charge in [0.25, 0.3) is 0 Å². The summed E-state index contributed by atoms with van der Waals surface area (Å²) in [5.41, 5.74) is 1.84. The highest BCUT2D eigenvalue weighted by Gasteiger charge is 2.36. The molecule has 1 saturated heterocycles. The number of benzene rings is 1. The Morgan fingerprint density at radius 3 is 2.45 bits per heavy atom. The number of ether oxygens (including phenoxy) is 3. The summed E-state index contributed by atoms with van der Waals surface area (Å²) in [7, 11) is 4.58. The summed E-state index contributed by atoms with van der Waals surface area (Å²) in [6.45, 7) is 2.62. The van der Waals surface area contributed by atoms with Crippen LogP contribution >= 0.6 is 12.4 Å². The number of carbonyl (C=O) groups is 2. The maximum atomic E-state index is 12.6. The number of methoxy groups -OCH3 is 3. The molecule has 0 bridgehead atoms. The Balaban J connectivity index is 0.00000300. The summed E-state index contributed by atoms with van der Waals surface area (Å²) >= 11 is 0. The van der Waals surface area contributed by atoms with Crippen molar-refractivity contribution in [1.29, 1.82) is 0 Å². The van der Waals surface area contributed by atoms with Gasteiger partial charge in [-0.1, -0.05) is 11.6 Å². The summed E-state index contributed by atoms with van der Waals surface area (Å²) in [4.78, 5) is 26.7. The molecule has 2 aliphatic rings. The van der Waals surface area contributed by atoms with Crippen molar-refractivity contribution in [2.75, 3.05) is 52.4 Å². The Labute approximate surface area is 177 Å². The van der Waals surface area contributed by atoms with Crippen LogP contribution in [0.15, 0.2) is 23.8 Å².